The molecule has 0 spiro atoms. The van der Waals surface area contributed by atoms with Gasteiger partial charge in [-0.05, 0) is 17.2 Å². The number of aromatic amines is 1. The standard InChI is InChI=1S/C25H26N2O9/c28-21(29)10-11-22(30)35-13-12-34-16-27-24(32)19(23(31)26-25(27)33)14-18-8-4-5-9-20(18)36-15-17-6-2-1-3-7-17/h1-9,32H,10-16H2,(H,28,29)(H,26,31,33). The fourth-order valence-corrected chi connectivity index (χ4v) is 3.25. The lowest BCUT2D eigenvalue weighted by atomic mass is 10.1. The number of carbonyl (C=O) groups excluding carboxylic acids is 1. The molecule has 190 valence electrons. The van der Waals surface area contributed by atoms with Gasteiger partial charge in [-0.1, -0.05) is 48.5 Å². The highest BCUT2D eigenvalue weighted by molar-refractivity contribution is 5.76. The van der Waals surface area contributed by atoms with Gasteiger partial charge in [0, 0.05) is 6.42 Å². The van der Waals surface area contributed by atoms with Gasteiger partial charge in [0.2, 0.25) is 5.88 Å². The summed E-state index contributed by atoms with van der Waals surface area (Å²) >= 11 is 0. The first-order valence-corrected chi connectivity index (χ1v) is 11.1. The molecule has 3 aromatic rings. The molecule has 0 amide bonds. The van der Waals surface area contributed by atoms with E-state index in [-0.39, 0.29) is 38.0 Å². The third-order valence-corrected chi connectivity index (χ3v) is 5.10. The number of H-pyrrole nitrogens is 1. The van der Waals surface area contributed by atoms with Crippen LogP contribution in [-0.2, 0) is 38.8 Å². The molecule has 2 aromatic carbocycles. The lowest BCUT2D eigenvalue weighted by Gasteiger charge is -2.14. The van der Waals surface area contributed by atoms with Crippen molar-refractivity contribution in [2.24, 2.45) is 0 Å². The molecule has 0 fully saturated rings. The molecule has 0 radical (unpaired) electrons. The van der Waals surface area contributed by atoms with Crippen molar-refractivity contribution in [2.45, 2.75) is 32.6 Å². The molecule has 0 bridgehead atoms. The number of carboxylic acid groups (broad SMARTS) is 1. The summed E-state index contributed by atoms with van der Waals surface area (Å²) in [7, 11) is 0. The topological polar surface area (TPSA) is 157 Å². The second-order valence-corrected chi connectivity index (χ2v) is 7.70. The summed E-state index contributed by atoms with van der Waals surface area (Å²) in [5, 5.41) is 19.2. The van der Waals surface area contributed by atoms with Gasteiger partial charge >= 0.3 is 17.6 Å². The van der Waals surface area contributed by atoms with Crippen LogP contribution in [0.15, 0.2) is 64.2 Å². The zero-order valence-corrected chi connectivity index (χ0v) is 19.3. The zero-order chi connectivity index (χ0) is 25.9. The van der Waals surface area contributed by atoms with E-state index in [0.717, 1.165) is 10.1 Å². The number of nitrogens with one attached hydrogen (secondary N) is 1. The summed E-state index contributed by atoms with van der Waals surface area (Å²) in [6, 6.07) is 16.6. The quantitative estimate of drug-likeness (QED) is 0.236. The predicted molar refractivity (Wildman–Crippen MR) is 127 cm³/mol. The van der Waals surface area contributed by atoms with Crippen molar-refractivity contribution in [3.63, 3.8) is 0 Å². The van der Waals surface area contributed by atoms with E-state index in [2.05, 4.69) is 4.98 Å². The first kappa shape index (κ1) is 26.2. The first-order chi connectivity index (χ1) is 17.3. The van der Waals surface area contributed by atoms with Crippen LogP contribution in [0.3, 0.4) is 0 Å². The molecule has 0 atom stereocenters. The number of carboxylic acids is 1. The Morgan fingerprint density at radius 2 is 1.67 bits per heavy atom. The Hall–Kier alpha value is -4.38. The summed E-state index contributed by atoms with van der Waals surface area (Å²) in [5.74, 6) is -1.84. The van der Waals surface area contributed by atoms with Crippen LogP contribution in [0.4, 0.5) is 0 Å². The number of para-hydroxylation sites is 1. The van der Waals surface area contributed by atoms with Crippen molar-refractivity contribution in [1.29, 1.82) is 0 Å². The summed E-state index contributed by atoms with van der Waals surface area (Å²) in [5.41, 5.74) is -0.0544. The fraction of sp³-hybridized carbons (Fsp3) is 0.280. The molecular weight excluding hydrogens is 472 g/mol. The number of carbonyl (C=O) groups is 2. The van der Waals surface area contributed by atoms with E-state index in [1.807, 2.05) is 30.3 Å². The molecule has 36 heavy (non-hydrogen) atoms. The van der Waals surface area contributed by atoms with Gasteiger partial charge in [-0.3, -0.25) is 19.4 Å². The number of nitrogens with zero attached hydrogens (tertiary/aromatic N) is 1. The van der Waals surface area contributed by atoms with Crippen molar-refractivity contribution in [2.75, 3.05) is 13.2 Å². The van der Waals surface area contributed by atoms with Gasteiger partial charge in [0.15, 0.2) is 0 Å². The van der Waals surface area contributed by atoms with E-state index in [1.165, 1.54) is 0 Å². The van der Waals surface area contributed by atoms with Gasteiger partial charge < -0.3 is 24.4 Å². The molecule has 0 saturated carbocycles. The number of rotatable bonds is 13. The number of aromatic hydroxyl groups is 1. The highest BCUT2D eigenvalue weighted by atomic mass is 16.6. The average Bonchev–Trinajstić information content (AvgIpc) is 2.86. The molecule has 1 heterocycles. The minimum atomic E-state index is -1.11. The Balaban J connectivity index is 1.64. The molecule has 11 heteroatoms. The van der Waals surface area contributed by atoms with E-state index >= 15 is 0 Å². The lowest BCUT2D eigenvalue weighted by Crippen LogP contribution is -2.33. The van der Waals surface area contributed by atoms with Crippen LogP contribution in [0.5, 0.6) is 11.6 Å². The summed E-state index contributed by atoms with van der Waals surface area (Å²) in [6.07, 6.45) is -0.619. The number of aromatic nitrogens is 2. The summed E-state index contributed by atoms with van der Waals surface area (Å²) in [6.45, 7) is -0.382. The largest absolute Gasteiger partial charge is 0.494 e. The second-order valence-electron chi connectivity index (χ2n) is 7.70. The van der Waals surface area contributed by atoms with Crippen molar-refractivity contribution in [3.8, 4) is 11.6 Å². The van der Waals surface area contributed by atoms with Crippen molar-refractivity contribution in [1.82, 2.24) is 9.55 Å². The number of benzene rings is 2. The van der Waals surface area contributed by atoms with Crippen LogP contribution in [0, 0.1) is 0 Å². The number of hydrogen-bond donors (Lipinski definition) is 3. The molecular formula is C25H26N2O9. The second kappa shape index (κ2) is 12.9. The van der Waals surface area contributed by atoms with E-state index in [4.69, 9.17) is 19.3 Å². The van der Waals surface area contributed by atoms with Crippen LogP contribution in [0.2, 0.25) is 0 Å². The molecule has 0 aliphatic carbocycles. The van der Waals surface area contributed by atoms with E-state index in [9.17, 15) is 24.3 Å². The van der Waals surface area contributed by atoms with E-state index in [1.54, 1.807) is 24.3 Å². The van der Waals surface area contributed by atoms with Gasteiger partial charge in [0.25, 0.3) is 5.56 Å². The van der Waals surface area contributed by atoms with Crippen LogP contribution >= 0.6 is 0 Å². The summed E-state index contributed by atoms with van der Waals surface area (Å²) in [4.78, 5) is 48.7. The number of aliphatic carboxylic acids is 1. The Labute approximate surface area is 205 Å². The van der Waals surface area contributed by atoms with Crippen molar-refractivity contribution < 1.29 is 34.0 Å². The third-order valence-electron chi connectivity index (χ3n) is 5.10. The first-order valence-electron chi connectivity index (χ1n) is 11.1. The molecule has 3 rings (SSSR count). The summed E-state index contributed by atoms with van der Waals surface area (Å²) < 4.78 is 16.9. The Morgan fingerprint density at radius 3 is 2.42 bits per heavy atom. The predicted octanol–water partition coefficient (Wildman–Crippen LogP) is 1.79. The minimum Gasteiger partial charge on any atom is -0.494 e. The molecule has 11 nitrogen and oxygen atoms in total. The van der Waals surface area contributed by atoms with Gasteiger partial charge in [-0.2, -0.15) is 0 Å². The Kier molecular flexibility index (Phi) is 9.40. The van der Waals surface area contributed by atoms with Crippen molar-refractivity contribution in [3.05, 3.63) is 92.1 Å². The Bertz CT molecular complexity index is 1300. The number of esters is 1. The number of hydrogen-bond acceptors (Lipinski definition) is 8. The zero-order valence-electron chi connectivity index (χ0n) is 19.3. The maximum Gasteiger partial charge on any atom is 0.333 e. The normalized spacial score (nSPS) is 10.7. The van der Waals surface area contributed by atoms with Crippen LogP contribution < -0.4 is 16.0 Å². The molecule has 0 aliphatic rings. The fourth-order valence-electron chi connectivity index (χ4n) is 3.25. The monoisotopic (exact) mass is 498 g/mol. The third kappa shape index (κ3) is 7.57. The molecule has 3 N–H and O–H groups in total. The van der Waals surface area contributed by atoms with Gasteiger partial charge in [-0.15, -0.1) is 0 Å². The maximum absolute atomic E-state index is 12.5. The van der Waals surface area contributed by atoms with Crippen molar-refractivity contribution >= 4 is 11.9 Å². The highest BCUT2D eigenvalue weighted by Gasteiger charge is 2.17. The number of ether oxygens (including phenoxy) is 3. The van der Waals surface area contributed by atoms with Gasteiger partial charge in [0.05, 0.1) is 25.0 Å². The Morgan fingerprint density at radius 1 is 0.944 bits per heavy atom. The lowest BCUT2D eigenvalue weighted by molar-refractivity contribution is -0.149. The van der Waals surface area contributed by atoms with E-state index in [0.29, 0.717) is 17.9 Å². The van der Waals surface area contributed by atoms with Gasteiger partial charge in [0.1, 0.15) is 25.7 Å². The van der Waals surface area contributed by atoms with Crippen LogP contribution in [0.25, 0.3) is 0 Å². The van der Waals surface area contributed by atoms with Crippen LogP contribution in [0.1, 0.15) is 29.5 Å². The molecule has 0 unspecified atom stereocenters. The molecule has 0 saturated heterocycles. The van der Waals surface area contributed by atoms with E-state index < -0.39 is 35.8 Å². The van der Waals surface area contributed by atoms with Gasteiger partial charge in [-0.25, -0.2) is 9.36 Å². The maximum atomic E-state index is 12.5. The SMILES string of the molecule is O=C(O)CCC(=O)OCCOCn1c(O)c(Cc2ccccc2OCc2ccccc2)c(=O)[nH]c1=O. The smallest absolute Gasteiger partial charge is 0.333 e. The van der Waals surface area contributed by atoms with Crippen LogP contribution in [-0.4, -0.2) is 44.9 Å². The molecule has 0 aliphatic heterocycles. The molecule has 1 aromatic heterocycles. The highest BCUT2D eigenvalue weighted by Crippen LogP contribution is 2.24. The minimum absolute atomic E-state index is 0.00635. The average molecular weight is 498 g/mol.